The van der Waals surface area contributed by atoms with Crippen molar-refractivity contribution < 1.29 is 14.0 Å². The fourth-order valence-corrected chi connectivity index (χ4v) is 1.54. The van der Waals surface area contributed by atoms with Gasteiger partial charge in [-0.05, 0) is 23.8 Å². The number of hydrogen-bond donors (Lipinski definition) is 2. The van der Waals surface area contributed by atoms with Crippen molar-refractivity contribution in [3.05, 3.63) is 66.1 Å². The van der Waals surface area contributed by atoms with Gasteiger partial charge >= 0.3 is 0 Å². The van der Waals surface area contributed by atoms with Gasteiger partial charge in [0.1, 0.15) is 5.76 Å². The molecule has 1 aromatic carbocycles. The number of rotatable bonds is 4. The Morgan fingerprint density at radius 2 is 1.85 bits per heavy atom. The molecule has 0 unspecified atom stereocenters. The molecule has 2 aromatic rings. The summed E-state index contributed by atoms with van der Waals surface area (Å²) in [5, 5.41) is 0. The van der Waals surface area contributed by atoms with Crippen molar-refractivity contribution in [1.82, 2.24) is 10.9 Å². The second-order valence-electron chi connectivity index (χ2n) is 4.05. The van der Waals surface area contributed by atoms with Crippen LogP contribution in [0.5, 0.6) is 0 Å². The molecule has 20 heavy (non-hydrogen) atoms. The Labute approximate surface area is 116 Å². The third-order valence-corrected chi connectivity index (χ3v) is 2.47. The molecule has 2 N–H and O–H groups in total. The molecular formula is C15H14N2O3. The van der Waals surface area contributed by atoms with Crippen molar-refractivity contribution in [1.29, 1.82) is 0 Å². The van der Waals surface area contributed by atoms with Gasteiger partial charge in [0.25, 0.3) is 5.91 Å². The molecule has 5 heteroatoms. The third-order valence-electron chi connectivity index (χ3n) is 2.47. The van der Waals surface area contributed by atoms with Gasteiger partial charge in [0.15, 0.2) is 0 Å². The normalized spacial score (nSPS) is 10.4. The zero-order valence-corrected chi connectivity index (χ0v) is 10.7. The lowest BCUT2D eigenvalue weighted by atomic mass is 10.1. The molecule has 0 saturated heterocycles. The van der Waals surface area contributed by atoms with Gasteiger partial charge in [-0.15, -0.1) is 0 Å². The first kappa shape index (κ1) is 13.6. The number of hydrazine groups is 1. The summed E-state index contributed by atoms with van der Waals surface area (Å²) in [4.78, 5) is 23.0. The first-order chi connectivity index (χ1) is 9.74. The molecule has 1 heterocycles. The molecule has 1 aromatic heterocycles. The van der Waals surface area contributed by atoms with Crippen molar-refractivity contribution in [2.45, 2.75) is 6.42 Å². The Morgan fingerprint density at radius 1 is 1.05 bits per heavy atom. The molecule has 2 amide bonds. The number of hydrogen-bond acceptors (Lipinski definition) is 3. The van der Waals surface area contributed by atoms with Gasteiger partial charge in [-0.2, -0.15) is 0 Å². The van der Waals surface area contributed by atoms with Gasteiger partial charge in [-0.1, -0.05) is 30.3 Å². The summed E-state index contributed by atoms with van der Waals surface area (Å²) in [5.41, 5.74) is 5.52. The van der Waals surface area contributed by atoms with Crippen molar-refractivity contribution in [3.63, 3.8) is 0 Å². The van der Waals surface area contributed by atoms with Crippen LogP contribution in [0.1, 0.15) is 11.3 Å². The predicted molar refractivity (Wildman–Crippen MR) is 74.2 cm³/mol. The van der Waals surface area contributed by atoms with Crippen LogP contribution in [0.4, 0.5) is 0 Å². The number of benzene rings is 1. The first-order valence-corrected chi connectivity index (χ1v) is 6.08. The first-order valence-electron chi connectivity index (χ1n) is 6.08. The SMILES string of the molecule is O=C(/C=C/c1ccco1)NNC(=O)Cc1ccccc1. The summed E-state index contributed by atoms with van der Waals surface area (Å²) >= 11 is 0. The number of carbonyl (C=O) groups is 2. The van der Waals surface area contributed by atoms with E-state index in [9.17, 15) is 9.59 Å². The van der Waals surface area contributed by atoms with Crippen LogP contribution in [0.25, 0.3) is 6.08 Å². The summed E-state index contributed by atoms with van der Waals surface area (Å²) in [5.74, 6) is -0.144. The molecule has 0 atom stereocenters. The summed E-state index contributed by atoms with van der Waals surface area (Å²) in [6.07, 6.45) is 4.52. The quantitative estimate of drug-likeness (QED) is 0.656. The van der Waals surface area contributed by atoms with E-state index in [4.69, 9.17) is 4.42 Å². The molecule has 0 aliphatic carbocycles. The van der Waals surface area contributed by atoms with Crippen LogP contribution in [0, 0.1) is 0 Å². The number of amides is 2. The van der Waals surface area contributed by atoms with E-state index in [0.717, 1.165) is 5.56 Å². The molecule has 0 radical (unpaired) electrons. The van der Waals surface area contributed by atoms with Crippen LogP contribution in [0.15, 0.2) is 59.2 Å². The summed E-state index contributed by atoms with van der Waals surface area (Å²) < 4.78 is 5.03. The Bertz CT molecular complexity index is 589. The highest BCUT2D eigenvalue weighted by Gasteiger charge is 2.03. The van der Waals surface area contributed by atoms with Crippen LogP contribution in [0.3, 0.4) is 0 Å². The maximum atomic E-state index is 11.6. The fourth-order valence-electron chi connectivity index (χ4n) is 1.54. The average Bonchev–Trinajstić information content (AvgIpc) is 2.97. The Hall–Kier alpha value is -2.82. The maximum Gasteiger partial charge on any atom is 0.262 e. The van der Waals surface area contributed by atoms with Gasteiger partial charge in [0.2, 0.25) is 5.91 Å². The predicted octanol–water partition coefficient (Wildman–Crippen LogP) is 1.68. The Kier molecular flexibility index (Phi) is 4.72. The number of carbonyl (C=O) groups excluding carboxylic acids is 2. The molecule has 0 fully saturated rings. The molecule has 0 aliphatic rings. The van der Waals surface area contributed by atoms with Gasteiger partial charge < -0.3 is 4.42 Å². The van der Waals surface area contributed by atoms with E-state index >= 15 is 0 Å². The molecule has 5 nitrogen and oxygen atoms in total. The minimum Gasteiger partial charge on any atom is -0.465 e. The van der Waals surface area contributed by atoms with Crippen LogP contribution in [-0.2, 0) is 16.0 Å². The minimum atomic E-state index is -0.428. The van der Waals surface area contributed by atoms with Crippen molar-refractivity contribution >= 4 is 17.9 Å². The van der Waals surface area contributed by atoms with Crippen LogP contribution >= 0.6 is 0 Å². The zero-order valence-electron chi connectivity index (χ0n) is 10.7. The van der Waals surface area contributed by atoms with E-state index < -0.39 is 5.91 Å². The van der Waals surface area contributed by atoms with Gasteiger partial charge in [0.05, 0.1) is 12.7 Å². The van der Waals surface area contributed by atoms with Gasteiger partial charge in [0, 0.05) is 6.08 Å². The molecule has 102 valence electrons. The molecule has 0 bridgehead atoms. The Balaban J connectivity index is 1.74. The summed E-state index contributed by atoms with van der Waals surface area (Å²) in [6, 6.07) is 12.7. The largest absolute Gasteiger partial charge is 0.465 e. The monoisotopic (exact) mass is 270 g/mol. The number of furan rings is 1. The van der Waals surface area contributed by atoms with Crippen LogP contribution in [-0.4, -0.2) is 11.8 Å². The van der Waals surface area contributed by atoms with Gasteiger partial charge in [-0.25, -0.2) is 0 Å². The van der Waals surface area contributed by atoms with E-state index in [2.05, 4.69) is 10.9 Å². The van der Waals surface area contributed by atoms with E-state index in [0.29, 0.717) is 5.76 Å². The zero-order chi connectivity index (χ0) is 14.2. The van der Waals surface area contributed by atoms with Crippen molar-refractivity contribution in [2.75, 3.05) is 0 Å². The lowest BCUT2D eigenvalue weighted by molar-refractivity contribution is -0.126. The Morgan fingerprint density at radius 3 is 2.55 bits per heavy atom. The second kappa shape index (κ2) is 6.94. The number of nitrogens with one attached hydrogen (secondary N) is 2. The average molecular weight is 270 g/mol. The third kappa shape index (κ3) is 4.45. The molecule has 0 aliphatic heterocycles. The smallest absolute Gasteiger partial charge is 0.262 e. The van der Waals surface area contributed by atoms with Crippen LogP contribution in [0.2, 0.25) is 0 Å². The van der Waals surface area contributed by atoms with Gasteiger partial charge in [-0.3, -0.25) is 20.4 Å². The van der Waals surface area contributed by atoms with Crippen molar-refractivity contribution in [3.8, 4) is 0 Å². The fraction of sp³-hybridized carbons (Fsp3) is 0.0667. The standard InChI is InChI=1S/C15H14N2O3/c18-14(9-8-13-7-4-10-20-13)16-17-15(19)11-12-5-2-1-3-6-12/h1-10H,11H2,(H,16,18)(H,17,19)/b9-8+. The molecular weight excluding hydrogens is 256 g/mol. The van der Waals surface area contributed by atoms with E-state index in [1.54, 1.807) is 12.1 Å². The maximum absolute atomic E-state index is 11.6. The second-order valence-corrected chi connectivity index (χ2v) is 4.05. The van der Waals surface area contributed by atoms with E-state index in [1.165, 1.54) is 18.4 Å². The lowest BCUT2D eigenvalue weighted by Gasteiger charge is -2.05. The topological polar surface area (TPSA) is 71.3 Å². The van der Waals surface area contributed by atoms with E-state index in [1.807, 2.05) is 30.3 Å². The molecule has 2 rings (SSSR count). The lowest BCUT2D eigenvalue weighted by Crippen LogP contribution is -2.41. The highest BCUT2D eigenvalue weighted by atomic mass is 16.3. The summed E-state index contributed by atoms with van der Waals surface area (Å²) in [7, 11) is 0. The van der Waals surface area contributed by atoms with E-state index in [-0.39, 0.29) is 12.3 Å². The highest BCUT2D eigenvalue weighted by Crippen LogP contribution is 2.01. The molecule has 0 saturated carbocycles. The minimum absolute atomic E-state index is 0.211. The summed E-state index contributed by atoms with van der Waals surface area (Å²) in [6.45, 7) is 0. The van der Waals surface area contributed by atoms with Crippen molar-refractivity contribution in [2.24, 2.45) is 0 Å². The highest BCUT2D eigenvalue weighted by molar-refractivity contribution is 5.92. The van der Waals surface area contributed by atoms with Crippen LogP contribution < -0.4 is 10.9 Å². The molecule has 0 spiro atoms.